The molecule has 0 aliphatic carbocycles. The van der Waals surface area contributed by atoms with Crippen molar-refractivity contribution in [3.63, 3.8) is 0 Å². The number of carboxylic acids is 1. The van der Waals surface area contributed by atoms with Crippen LogP contribution >= 0.6 is 23.1 Å². The Kier molecular flexibility index (Phi) is 7.54. The number of hydrogen-bond acceptors (Lipinski definition) is 12. The van der Waals surface area contributed by atoms with Gasteiger partial charge in [0.15, 0.2) is 16.6 Å². The lowest BCUT2D eigenvalue weighted by atomic mass is 10.0. The second-order valence-electron chi connectivity index (χ2n) is 7.17. The third-order valence-corrected chi connectivity index (χ3v) is 6.91. The van der Waals surface area contributed by atoms with Gasteiger partial charge in [0.1, 0.15) is 43.2 Å². The minimum Gasteiger partial charge on any atom is -0.477 e. The maximum atomic E-state index is 12.9. The molecule has 4 N–H and O–H groups in total. The molecule has 1 fully saturated rings. The number of carbonyl (C=O) groups is 3. The molecule has 0 spiro atoms. The summed E-state index contributed by atoms with van der Waals surface area (Å²) in [6, 6.07) is 0.436. The van der Waals surface area contributed by atoms with E-state index in [1.54, 1.807) is 0 Å². The molecule has 0 aromatic carbocycles. The fourth-order valence-corrected chi connectivity index (χ4v) is 5.28. The molecule has 0 bridgehead atoms. The van der Waals surface area contributed by atoms with Crippen LogP contribution in [0.3, 0.4) is 0 Å². The lowest BCUT2D eigenvalue weighted by Gasteiger charge is -2.49. The Morgan fingerprint density at radius 1 is 1.47 bits per heavy atom. The summed E-state index contributed by atoms with van der Waals surface area (Å²) in [6.45, 7) is -0.857. The van der Waals surface area contributed by atoms with Crippen LogP contribution in [0.25, 0.3) is 6.08 Å². The molecule has 2 aliphatic heterocycles. The number of alkyl halides is 1. The van der Waals surface area contributed by atoms with Gasteiger partial charge in [-0.25, -0.2) is 14.2 Å². The summed E-state index contributed by atoms with van der Waals surface area (Å²) in [5.74, 6) is -2.04. The number of nitrogens with zero attached hydrogens (tertiary/aromatic N) is 4. The molecular weight excluding hydrogens is 519 g/mol. The van der Waals surface area contributed by atoms with Crippen molar-refractivity contribution < 1.29 is 38.0 Å². The number of carboxylic acid groups (broad SMARTS) is 1. The second-order valence-corrected chi connectivity index (χ2v) is 9.17. The molecule has 2 aliphatic rings. The summed E-state index contributed by atoms with van der Waals surface area (Å²) < 4.78 is 22.3. The summed E-state index contributed by atoms with van der Waals surface area (Å²) in [6.07, 6.45) is 2.95. The summed E-state index contributed by atoms with van der Waals surface area (Å²) in [4.78, 5) is 47.6. The molecule has 36 heavy (non-hydrogen) atoms. The smallest absolute Gasteiger partial charge is 0.352 e. The average molecular weight is 539 g/mol. The third kappa shape index (κ3) is 5.03. The Morgan fingerprint density at radius 3 is 2.94 bits per heavy atom. The number of oxime groups is 1. The van der Waals surface area contributed by atoms with Gasteiger partial charge in [-0.3, -0.25) is 14.5 Å². The number of nitrogen functional groups attached to an aromatic ring is 1. The Morgan fingerprint density at radius 2 is 2.28 bits per heavy atom. The molecule has 2 atom stereocenters. The van der Waals surface area contributed by atoms with E-state index < -0.39 is 35.9 Å². The topological polar surface area (TPSA) is 182 Å². The molecule has 2 aromatic heterocycles. The minimum absolute atomic E-state index is 0.0889. The number of aromatic nitrogens is 2. The van der Waals surface area contributed by atoms with Gasteiger partial charge in [-0.1, -0.05) is 11.2 Å². The first-order valence-electron chi connectivity index (χ1n) is 10.2. The van der Waals surface area contributed by atoms with Crippen molar-refractivity contribution in [2.45, 2.75) is 11.4 Å². The van der Waals surface area contributed by atoms with E-state index >= 15 is 0 Å². The molecule has 0 radical (unpaired) electrons. The summed E-state index contributed by atoms with van der Waals surface area (Å²) in [7, 11) is 1.26. The van der Waals surface area contributed by atoms with E-state index in [1.807, 2.05) is 0 Å². The van der Waals surface area contributed by atoms with Crippen LogP contribution in [-0.2, 0) is 19.2 Å². The van der Waals surface area contributed by atoms with E-state index in [-0.39, 0.29) is 46.2 Å². The number of halogens is 1. The third-order valence-electron chi connectivity index (χ3n) is 4.93. The normalized spacial score (nSPS) is 19.8. The van der Waals surface area contributed by atoms with Crippen LogP contribution < -0.4 is 15.8 Å². The predicted octanol–water partition coefficient (Wildman–Crippen LogP) is 0.864. The SMILES string of the molecule is CO/N=C(\C(=O)N[C@@H]1C(=O)N2C(C(=O)O)=C(/C=C\c3cc(OCCF)no3)CS[C@H]12)c1csc(N)n1. The number of thiazole rings is 1. The van der Waals surface area contributed by atoms with Gasteiger partial charge in [-0.15, -0.1) is 23.1 Å². The standard InChI is InChI=1S/C20H19FN6O7S2/c1-32-26-13(11-8-36-20(22)23-11)16(28)24-14-17(29)27-15(19(30)31)9(7-35-18(14)27)2-3-10-6-12(25-34-10)33-5-4-21/h2-3,6,8,14,18H,4-5,7H2,1H3,(H2,22,23)(H,24,28)(H,30,31)/b3-2-,26-13-/t14-,18-/m1/s1. The van der Waals surface area contributed by atoms with Crippen molar-refractivity contribution in [3.8, 4) is 5.88 Å². The zero-order chi connectivity index (χ0) is 25.8. The first kappa shape index (κ1) is 25.2. The molecule has 4 rings (SSSR count). The van der Waals surface area contributed by atoms with Crippen molar-refractivity contribution in [2.75, 3.05) is 31.9 Å². The quantitative estimate of drug-likeness (QED) is 0.222. The Labute approximate surface area is 210 Å². The highest BCUT2D eigenvalue weighted by Gasteiger charge is 2.54. The number of ether oxygens (including phenoxy) is 1. The van der Waals surface area contributed by atoms with Crippen LogP contribution in [-0.4, -0.2) is 81.2 Å². The van der Waals surface area contributed by atoms with Gasteiger partial charge >= 0.3 is 5.97 Å². The van der Waals surface area contributed by atoms with Crippen molar-refractivity contribution in [1.82, 2.24) is 20.4 Å². The van der Waals surface area contributed by atoms with E-state index in [4.69, 9.17) is 19.8 Å². The maximum absolute atomic E-state index is 12.9. The molecule has 1 saturated heterocycles. The highest BCUT2D eigenvalue weighted by molar-refractivity contribution is 8.00. The van der Waals surface area contributed by atoms with Crippen LogP contribution in [0, 0.1) is 0 Å². The minimum atomic E-state index is -1.30. The molecule has 16 heteroatoms. The predicted molar refractivity (Wildman–Crippen MR) is 127 cm³/mol. The number of allylic oxidation sites excluding steroid dienone is 1. The van der Waals surface area contributed by atoms with Gasteiger partial charge in [0.25, 0.3) is 17.7 Å². The number of fused-ring (bicyclic) bond motifs is 1. The molecule has 0 saturated carbocycles. The molecule has 13 nitrogen and oxygen atoms in total. The molecule has 2 amide bonds. The van der Waals surface area contributed by atoms with Crippen LogP contribution in [0.1, 0.15) is 11.5 Å². The summed E-state index contributed by atoms with van der Waals surface area (Å²) in [5.41, 5.74) is 5.77. The first-order chi connectivity index (χ1) is 17.3. The van der Waals surface area contributed by atoms with Gasteiger partial charge < -0.3 is 30.3 Å². The molecule has 2 aromatic rings. The van der Waals surface area contributed by atoms with Gasteiger partial charge in [0.2, 0.25) is 0 Å². The second kappa shape index (κ2) is 10.8. The Bertz CT molecular complexity index is 1270. The van der Waals surface area contributed by atoms with Gasteiger partial charge in [-0.05, 0) is 16.8 Å². The fourth-order valence-electron chi connectivity index (χ4n) is 3.42. The van der Waals surface area contributed by atoms with Crippen LogP contribution in [0.15, 0.2) is 38.5 Å². The fraction of sp³-hybridized carbons (Fsp3) is 0.300. The molecule has 4 heterocycles. The lowest BCUT2D eigenvalue weighted by molar-refractivity contribution is -0.150. The zero-order valence-electron chi connectivity index (χ0n) is 18.5. The van der Waals surface area contributed by atoms with E-state index in [0.717, 1.165) is 16.2 Å². The summed E-state index contributed by atoms with van der Waals surface area (Å²) in [5, 5.41) is 20.8. The van der Waals surface area contributed by atoms with E-state index in [2.05, 4.69) is 20.6 Å². The lowest BCUT2D eigenvalue weighted by Crippen LogP contribution is -2.71. The molecular formula is C20H19FN6O7S2. The van der Waals surface area contributed by atoms with Gasteiger partial charge in [0.05, 0.1) is 0 Å². The van der Waals surface area contributed by atoms with E-state index in [0.29, 0.717) is 5.57 Å². The number of rotatable bonds is 10. The number of nitrogens with two attached hydrogens (primary N) is 1. The number of nitrogens with one attached hydrogen (secondary N) is 1. The van der Waals surface area contributed by atoms with Gasteiger partial charge in [-0.2, -0.15) is 0 Å². The number of β-lactam (4-membered cyclic amide) rings is 1. The van der Waals surface area contributed by atoms with Crippen LogP contribution in [0.2, 0.25) is 0 Å². The highest BCUT2D eigenvalue weighted by atomic mass is 32.2. The van der Waals surface area contributed by atoms with Crippen molar-refractivity contribution in [3.05, 3.63) is 40.2 Å². The largest absolute Gasteiger partial charge is 0.477 e. The molecule has 0 unspecified atom stereocenters. The van der Waals surface area contributed by atoms with Crippen LogP contribution in [0.4, 0.5) is 9.52 Å². The van der Waals surface area contributed by atoms with Crippen molar-refractivity contribution in [2.24, 2.45) is 5.16 Å². The van der Waals surface area contributed by atoms with Crippen molar-refractivity contribution in [1.29, 1.82) is 0 Å². The number of thioether (sulfide) groups is 1. The summed E-state index contributed by atoms with van der Waals surface area (Å²) >= 11 is 2.38. The van der Waals surface area contributed by atoms with Crippen LogP contribution in [0.5, 0.6) is 5.88 Å². The highest BCUT2D eigenvalue weighted by Crippen LogP contribution is 2.40. The number of anilines is 1. The van der Waals surface area contributed by atoms with Gasteiger partial charge in [0, 0.05) is 17.2 Å². The number of hydrogen-bond donors (Lipinski definition) is 3. The maximum Gasteiger partial charge on any atom is 0.352 e. The number of carbonyl (C=O) groups excluding carboxylic acids is 2. The Balaban J connectivity index is 1.49. The monoisotopic (exact) mass is 538 g/mol. The van der Waals surface area contributed by atoms with E-state index in [1.165, 1.54) is 42.5 Å². The number of aliphatic carboxylic acids is 1. The molecule has 190 valence electrons. The Hall–Kier alpha value is -3.92. The first-order valence-corrected chi connectivity index (χ1v) is 12.1. The van der Waals surface area contributed by atoms with Crippen molar-refractivity contribution >= 4 is 57.8 Å². The average Bonchev–Trinajstić information content (AvgIpc) is 3.50. The zero-order valence-corrected chi connectivity index (χ0v) is 20.2. The van der Waals surface area contributed by atoms with E-state index in [9.17, 15) is 23.9 Å². The number of amides is 2.